The number of hydrogen-bond donors (Lipinski definition) is 1. The minimum atomic E-state index is -4.34. The zero-order valence-corrected chi connectivity index (χ0v) is 10.4. The van der Waals surface area contributed by atoms with E-state index in [0.717, 1.165) is 10.4 Å². The van der Waals surface area contributed by atoms with Gasteiger partial charge in [-0.25, -0.2) is 4.98 Å². The lowest BCUT2D eigenvalue weighted by Gasteiger charge is -2.23. The number of rotatable bonds is 4. The van der Waals surface area contributed by atoms with E-state index in [0.29, 0.717) is 5.52 Å². The van der Waals surface area contributed by atoms with Gasteiger partial charge in [-0.1, -0.05) is 12.1 Å². The van der Waals surface area contributed by atoms with Crippen LogP contribution in [0.2, 0.25) is 0 Å². The Balaban J connectivity index is 2.41. The van der Waals surface area contributed by atoms with Gasteiger partial charge in [-0.3, -0.25) is 0 Å². The molecule has 0 aliphatic rings. The number of para-hydroxylation sites is 2. The summed E-state index contributed by atoms with van der Waals surface area (Å²) in [5.74, 6) is 0.201. The Labute approximate surface area is 108 Å². The van der Waals surface area contributed by atoms with Gasteiger partial charge < -0.3 is 14.6 Å². The molecule has 0 aliphatic carbocycles. The van der Waals surface area contributed by atoms with Crippen LogP contribution in [0.1, 0.15) is 0 Å². The Morgan fingerprint density at radius 2 is 2.00 bits per heavy atom. The highest BCUT2D eigenvalue weighted by atomic mass is 19.4. The second-order valence-electron chi connectivity index (χ2n) is 4.22. The first-order valence-corrected chi connectivity index (χ1v) is 5.76. The van der Waals surface area contributed by atoms with Gasteiger partial charge in [0.05, 0.1) is 17.6 Å². The summed E-state index contributed by atoms with van der Waals surface area (Å²) >= 11 is 0. The van der Waals surface area contributed by atoms with Crippen LogP contribution in [0.5, 0.6) is 0 Å². The summed E-state index contributed by atoms with van der Waals surface area (Å²) in [6.07, 6.45) is -4.34. The van der Waals surface area contributed by atoms with E-state index in [1.165, 1.54) is 0 Å². The molecular weight excluding hydrogens is 259 g/mol. The van der Waals surface area contributed by atoms with Gasteiger partial charge in [-0.15, -0.1) is 0 Å². The number of anilines is 1. The first kappa shape index (κ1) is 13.7. The summed E-state index contributed by atoms with van der Waals surface area (Å²) in [5, 5.41) is 8.91. The first-order chi connectivity index (χ1) is 8.92. The minimum absolute atomic E-state index is 0.114. The van der Waals surface area contributed by atoms with Gasteiger partial charge in [0.25, 0.3) is 0 Å². The Morgan fingerprint density at radius 3 is 2.58 bits per heavy atom. The van der Waals surface area contributed by atoms with Gasteiger partial charge in [-0.2, -0.15) is 13.2 Å². The quantitative estimate of drug-likeness (QED) is 0.925. The summed E-state index contributed by atoms with van der Waals surface area (Å²) < 4.78 is 39.2. The van der Waals surface area contributed by atoms with Crippen molar-refractivity contribution in [2.45, 2.75) is 6.18 Å². The van der Waals surface area contributed by atoms with Crippen molar-refractivity contribution in [2.75, 3.05) is 24.6 Å². The van der Waals surface area contributed by atoms with Crippen molar-refractivity contribution in [1.29, 1.82) is 0 Å². The summed E-state index contributed by atoms with van der Waals surface area (Å²) in [4.78, 5) is 5.22. The fraction of sp³-hybridized carbons (Fsp3) is 0.417. The van der Waals surface area contributed by atoms with Crippen LogP contribution in [0, 0.1) is 0 Å². The number of halogens is 3. The van der Waals surface area contributed by atoms with Crippen molar-refractivity contribution in [3.63, 3.8) is 0 Å². The van der Waals surface area contributed by atoms with Crippen LogP contribution in [0.15, 0.2) is 24.3 Å². The smallest absolute Gasteiger partial charge is 0.395 e. The predicted molar refractivity (Wildman–Crippen MR) is 66.1 cm³/mol. The van der Waals surface area contributed by atoms with E-state index in [1.807, 2.05) is 0 Å². The van der Waals surface area contributed by atoms with Crippen LogP contribution >= 0.6 is 0 Å². The molecule has 104 valence electrons. The lowest BCUT2D eigenvalue weighted by molar-refractivity contribution is -0.120. The van der Waals surface area contributed by atoms with E-state index < -0.39 is 12.7 Å². The maximum atomic E-state index is 12.5. The standard InChI is InChI=1S/C12H14F3N3O/c1-17-10-5-3-2-4-9(10)16-11(17)18(6-7-19)8-12(13,14)15/h2-5,19H,6-8H2,1H3. The second-order valence-corrected chi connectivity index (χ2v) is 4.22. The zero-order chi connectivity index (χ0) is 14.0. The third-order valence-corrected chi connectivity index (χ3v) is 2.79. The average Bonchev–Trinajstić information content (AvgIpc) is 2.65. The molecule has 19 heavy (non-hydrogen) atoms. The number of benzene rings is 1. The Morgan fingerprint density at radius 1 is 1.32 bits per heavy atom. The fourth-order valence-corrected chi connectivity index (χ4v) is 2.00. The third-order valence-electron chi connectivity index (χ3n) is 2.79. The molecule has 1 N–H and O–H groups in total. The topological polar surface area (TPSA) is 41.3 Å². The first-order valence-electron chi connectivity index (χ1n) is 5.76. The number of alkyl halides is 3. The molecule has 0 saturated carbocycles. The molecule has 0 bridgehead atoms. The number of aliphatic hydroxyl groups is 1. The van der Waals surface area contributed by atoms with Crippen molar-refractivity contribution < 1.29 is 18.3 Å². The highest BCUT2D eigenvalue weighted by Gasteiger charge is 2.32. The molecule has 7 heteroatoms. The second kappa shape index (κ2) is 5.08. The summed E-state index contributed by atoms with van der Waals surface area (Å²) in [6, 6.07) is 7.10. The number of fused-ring (bicyclic) bond motifs is 1. The van der Waals surface area contributed by atoms with Gasteiger partial charge in [0.15, 0.2) is 0 Å². The van der Waals surface area contributed by atoms with Crippen molar-refractivity contribution in [1.82, 2.24) is 9.55 Å². The molecule has 0 radical (unpaired) electrons. The number of aromatic nitrogens is 2. The van der Waals surface area contributed by atoms with Crippen LogP contribution in [-0.2, 0) is 7.05 Å². The molecule has 0 fully saturated rings. The van der Waals surface area contributed by atoms with E-state index >= 15 is 0 Å². The van der Waals surface area contributed by atoms with Gasteiger partial charge in [0.1, 0.15) is 6.54 Å². The van der Waals surface area contributed by atoms with Crippen LogP contribution in [0.3, 0.4) is 0 Å². The lowest BCUT2D eigenvalue weighted by Crippen LogP contribution is -2.37. The molecule has 4 nitrogen and oxygen atoms in total. The van der Waals surface area contributed by atoms with Crippen LogP contribution < -0.4 is 4.90 Å². The summed E-state index contributed by atoms with van der Waals surface area (Å²) in [6.45, 7) is -1.61. The lowest BCUT2D eigenvalue weighted by atomic mass is 10.3. The summed E-state index contributed by atoms with van der Waals surface area (Å²) in [5.41, 5.74) is 1.38. The Hall–Kier alpha value is -1.76. The fourth-order valence-electron chi connectivity index (χ4n) is 2.00. The van der Waals surface area contributed by atoms with Crippen LogP contribution in [0.4, 0.5) is 19.1 Å². The molecule has 2 rings (SSSR count). The molecule has 0 saturated heterocycles. The number of imidazole rings is 1. The number of hydrogen-bond acceptors (Lipinski definition) is 3. The van der Waals surface area contributed by atoms with E-state index in [-0.39, 0.29) is 19.1 Å². The number of aliphatic hydroxyl groups excluding tert-OH is 1. The van der Waals surface area contributed by atoms with Crippen molar-refractivity contribution >= 4 is 17.0 Å². The third kappa shape index (κ3) is 2.98. The maximum Gasteiger partial charge on any atom is 0.406 e. The molecule has 2 aromatic rings. The van der Waals surface area contributed by atoms with E-state index in [1.54, 1.807) is 35.9 Å². The van der Waals surface area contributed by atoms with Crippen molar-refractivity contribution in [2.24, 2.45) is 7.05 Å². The van der Waals surface area contributed by atoms with Crippen LogP contribution in [0.25, 0.3) is 11.0 Å². The summed E-state index contributed by atoms with van der Waals surface area (Å²) in [7, 11) is 1.66. The largest absolute Gasteiger partial charge is 0.406 e. The molecule has 0 unspecified atom stereocenters. The number of nitrogens with zero attached hydrogens (tertiary/aromatic N) is 3. The molecule has 0 spiro atoms. The Kier molecular flexibility index (Phi) is 3.66. The van der Waals surface area contributed by atoms with Gasteiger partial charge in [0, 0.05) is 13.6 Å². The molecule has 0 aliphatic heterocycles. The van der Waals surface area contributed by atoms with Crippen LogP contribution in [-0.4, -0.2) is 40.5 Å². The average molecular weight is 273 g/mol. The highest BCUT2D eigenvalue weighted by molar-refractivity contribution is 5.78. The molecule has 1 heterocycles. The normalized spacial score (nSPS) is 12.1. The van der Waals surface area contributed by atoms with E-state index in [2.05, 4.69) is 4.98 Å². The maximum absolute atomic E-state index is 12.5. The predicted octanol–water partition coefficient (Wildman–Crippen LogP) is 1.93. The van der Waals surface area contributed by atoms with Gasteiger partial charge in [0.2, 0.25) is 5.95 Å². The molecule has 1 aromatic carbocycles. The zero-order valence-electron chi connectivity index (χ0n) is 10.4. The molecule has 0 atom stereocenters. The van der Waals surface area contributed by atoms with E-state index in [9.17, 15) is 13.2 Å². The van der Waals surface area contributed by atoms with Crippen molar-refractivity contribution in [3.05, 3.63) is 24.3 Å². The van der Waals surface area contributed by atoms with Gasteiger partial charge in [-0.05, 0) is 12.1 Å². The SMILES string of the molecule is Cn1c(N(CCO)CC(F)(F)F)nc2ccccc21. The molecule has 1 aromatic heterocycles. The van der Waals surface area contributed by atoms with Gasteiger partial charge >= 0.3 is 6.18 Å². The minimum Gasteiger partial charge on any atom is -0.395 e. The monoisotopic (exact) mass is 273 g/mol. The molecular formula is C12H14F3N3O. The Bertz CT molecular complexity index is 565. The van der Waals surface area contributed by atoms with Crippen molar-refractivity contribution in [3.8, 4) is 0 Å². The molecule has 0 amide bonds. The highest BCUT2D eigenvalue weighted by Crippen LogP contribution is 2.24. The van der Waals surface area contributed by atoms with E-state index in [4.69, 9.17) is 5.11 Å². The number of aryl methyl sites for hydroxylation is 1.